The van der Waals surface area contributed by atoms with E-state index in [0.717, 1.165) is 48.7 Å². The van der Waals surface area contributed by atoms with Gasteiger partial charge in [0.2, 0.25) is 0 Å². The van der Waals surface area contributed by atoms with E-state index in [9.17, 15) is 22.8 Å². The van der Waals surface area contributed by atoms with E-state index in [-0.39, 0.29) is 55.0 Å². The lowest BCUT2D eigenvalue weighted by Gasteiger charge is -2.34. The van der Waals surface area contributed by atoms with E-state index in [2.05, 4.69) is 15.3 Å². The SMILES string of the molecule is N#Cc1c(N)sc2c(F)ccc(-c3c(C(F)(F)F)cc4c(N5CC6CCC(C5)N6)ncnc4c3F)c12. The van der Waals surface area contributed by atoms with Crippen molar-refractivity contribution < 1.29 is 22.0 Å². The maximum atomic E-state index is 16.1. The number of nitrogen functional groups attached to an aromatic ring is 1. The molecule has 6 rings (SSSR count). The van der Waals surface area contributed by atoms with Crippen molar-refractivity contribution in [2.24, 2.45) is 0 Å². The van der Waals surface area contributed by atoms with Gasteiger partial charge in [-0.2, -0.15) is 18.4 Å². The summed E-state index contributed by atoms with van der Waals surface area (Å²) in [5.74, 6) is -1.75. The molecule has 2 unspecified atom stereocenters. The molecule has 0 aliphatic carbocycles. The lowest BCUT2D eigenvalue weighted by atomic mass is 9.92. The maximum absolute atomic E-state index is 16.1. The summed E-state index contributed by atoms with van der Waals surface area (Å²) in [5, 5.41) is 12.7. The molecule has 3 N–H and O–H groups in total. The number of nitrogens with one attached hydrogen (secondary N) is 1. The lowest BCUT2D eigenvalue weighted by Crippen LogP contribution is -2.51. The highest BCUT2D eigenvalue weighted by molar-refractivity contribution is 7.23. The molecule has 2 aromatic heterocycles. The van der Waals surface area contributed by atoms with Crippen molar-refractivity contribution in [1.29, 1.82) is 5.26 Å². The summed E-state index contributed by atoms with van der Waals surface area (Å²) in [5.41, 5.74) is 3.02. The number of benzene rings is 2. The third kappa shape index (κ3) is 3.37. The number of nitrogens with zero attached hydrogens (tertiary/aromatic N) is 4. The number of rotatable bonds is 2. The summed E-state index contributed by atoms with van der Waals surface area (Å²) in [6, 6.07) is 5.01. The number of thiophene rings is 1. The predicted molar refractivity (Wildman–Crippen MR) is 127 cm³/mol. The van der Waals surface area contributed by atoms with Crippen LogP contribution in [0.15, 0.2) is 24.5 Å². The van der Waals surface area contributed by atoms with Gasteiger partial charge >= 0.3 is 6.18 Å². The van der Waals surface area contributed by atoms with Crippen LogP contribution in [-0.4, -0.2) is 35.1 Å². The monoisotopic (exact) mass is 516 g/mol. The molecular weight excluding hydrogens is 499 g/mol. The quantitative estimate of drug-likeness (QED) is 0.356. The van der Waals surface area contributed by atoms with Gasteiger partial charge in [0.05, 0.1) is 15.8 Å². The number of halogens is 5. The number of aromatic nitrogens is 2. The summed E-state index contributed by atoms with van der Waals surface area (Å²) in [4.78, 5) is 10.1. The molecule has 0 radical (unpaired) electrons. The molecular formula is C24H17F5N6S. The summed E-state index contributed by atoms with van der Waals surface area (Å²) in [7, 11) is 0. The van der Waals surface area contributed by atoms with E-state index in [4.69, 9.17) is 5.73 Å². The highest BCUT2D eigenvalue weighted by atomic mass is 32.1. The van der Waals surface area contributed by atoms with Gasteiger partial charge < -0.3 is 16.0 Å². The van der Waals surface area contributed by atoms with Gasteiger partial charge in [0.25, 0.3) is 0 Å². The van der Waals surface area contributed by atoms with E-state index < -0.39 is 28.9 Å². The number of hydrogen-bond donors (Lipinski definition) is 2. The average Bonchev–Trinajstić information content (AvgIpc) is 3.36. The average molecular weight is 516 g/mol. The van der Waals surface area contributed by atoms with Gasteiger partial charge in [-0.15, -0.1) is 11.3 Å². The van der Waals surface area contributed by atoms with E-state index in [0.29, 0.717) is 13.1 Å². The summed E-state index contributed by atoms with van der Waals surface area (Å²) in [6.07, 6.45) is -1.94. The fourth-order valence-electron chi connectivity index (χ4n) is 5.36. The Hall–Kier alpha value is -3.56. The molecule has 0 saturated carbocycles. The molecule has 2 saturated heterocycles. The standard InChI is InChI=1S/C24H17F5N6S/c25-16-4-3-12(17-14(6-30)22(31)36-21(16)17)18-15(24(27,28)29)5-13-20(19(18)26)32-9-33-23(13)35-7-10-1-2-11(8-35)34-10/h3-5,9-11,34H,1-2,7-8,31H2. The normalized spacial score (nSPS) is 19.8. The van der Waals surface area contributed by atoms with Crippen molar-refractivity contribution in [1.82, 2.24) is 15.3 Å². The third-order valence-corrected chi connectivity index (χ3v) is 7.90. The second-order valence-corrected chi connectivity index (χ2v) is 10.1. The molecule has 184 valence electrons. The summed E-state index contributed by atoms with van der Waals surface area (Å²) < 4.78 is 73.8. The second-order valence-electron chi connectivity index (χ2n) is 9.00. The number of fused-ring (bicyclic) bond motifs is 4. The van der Waals surface area contributed by atoms with Crippen LogP contribution in [-0.2, 0) is 6.18 Å². The minimum atomic E-state index is -4.96. The van der Waals surface area contributed by atoms with E-state index in [1.165, 1.54) is 0 Å². The molecule has 4 aromatic rings. The number of nitrogens with two attached hydrogens (primary N) is 1. The maximum Gasteiger partial charge on any atom is 0.417 e. The van der Waals surface area contributed by atoms with E-state index in [1.807, 2.05) is 11.0 Å². The van der Waals surface area contributed by atoms with E-state index >= 15 is 4.39 Å². The largest absolute Gasteiger partial charge is 0.417 e. The van der Waals surface area contributed by atoms with Crippen LogP contribution in [0.2, 0.25) is 0 Å². The second kappa shape index (κ2) is 7.97. The Labute approximate surface area is 205 Å². The van der Waals surface area contributed by atoms with Crippen molar-refractivity contribution in [3.63, 3.8) is 0 Å². The Morgan fingerprint density at radius 1 is 1.14 bits per heavy atom. The van der Waals surface area contributed by atoms with Gasteiger partial charge in [0.15, 0.2) is 5.82 Å². The molecule has 2 aromatic carbocycles. The Kier molecular flexibility index (Phi) is 5.07. The van der Waals surface area contributed by atoms with Crippen LogP contribution < -0.4 is 16.0 Å². The molecule has 2 aliphatic heterocycles. The van der Waals surface area contributed by atoms with Gasteiger partial charge in [-0.25, -0.2) is 18.7 Å². The minimum Gasteiger partial charge on any atom is -0.389 e. The first-order chi connectivity index (χ1) is 17.2. The van der Waals surface area contributed by atoms with Crippen LogP contribution in [0.5, 0.6) is 0 Å². The highest BCUT2D eigenvalue weighted by Crippen LogP contribution is 2.47. The van der Waals surface area contributed by atoms with Crippen LogP contribution in [0.3, 0.4) is 0 Å². The number of piperazine rings is 1. The van der Waals surface area contributed by atoms with Crippen molar-refractivity contribution in [3.05, 3.63) is 47.3 Å². The first kappa shape index (κ1) is 22.9. The molecule has 0 spiro atoms. The first-order valence-electron chi connectivity index (χ1n) is 11.1. The number of anilines is 2. The van der Waals surface area contributed by atoms with Crippen LogP contribution in [0.25, 0.3) is 32.1 Å². The van der Waals surface area contributed by atoms with Crippen LogP contribution in [0.1, 0.15) is 24.0 Å². The highest BCUT2D eigenvalue weighted by Gasteiger charge is 2.39. The fourth-order valence-corrected chi connectivity index (χ4v) is 6.31. The van der Waals surface area contributed by atoms with Gasteiger partial charge in [0.1, 0.15) is 34.5 Å². The van der Waals surface area contributed by atoms with Crippen molar-refractivity contribution >= 4 is 43.1 Å². The van der Waals surface area contributed by atoms with Gasteiger partial charge in [0, 0.05) is 41.5 Å². The molecule has 2 atom stereocenters. The topological polar surface area (TPSA) is 90.9 Å². The van der Waals surface area contributed by atoms with Gasteiger partial charge in [-0.3, -0.25) is 0 Å². The predicted octanol–water partition coefficient (Wildman–Crippen LogP) is 5.20. The van der Waals surface area contributed by atoms with Gasteiger partial charge in [-0.05, 0) is 30.5 Å². The van der Waals surface area contributed by atoms with Crippen molar-refractivity contribution in [2.75, 3.05) is 23.7 Å². The Morgan fingerprint density at radius 3 is 2.53 bits per heavy atom. The lowest BCUT2D eigenvalue weighted by molar-refractivity contribution is -0.137. The number of alkyl halides is 3. The van der Waals surface area contributed by atoms with Crippen LogP contribution in [0, 0.1) is 23.0 Å². The van der Waals surface area contributed by atoms with E-state index in [1.54, 1.807) is 0 Å². The molecule has 0 amide bonds. The van der Waals surface area contributed by atoms with Crippen LogP contribution >= 0.6 is 11.3 Å². The number of hydrogen-bond acceptors (Lipinski definition) is 7. The molecule has 36 heavy (non-hydrogen) atoms. The zero-order valence-electron chi connectivity index (χ0n) is 18.5. The molecule has 2 aliphatic rings. The molecule has 4 heterocycles. The molecule has 2 bridgehead atoms. The number of nitriles is 1. The summed E-state index contributed by atoms with van der Waals surface area (Å²) >= 11 is 0.727. The van der Waals surface area contributed by atoms with Gasteiger partial charge in [-0.1, -0.05) is 6.07 Å². The van der Waals surface area contributed by atoms with Crippen molar-refractivity contribution in [2.45, 2.75) is 31.1 Å². The minimum absolute atomic E-state index is 0.0592. The molecule has 2 fully saturated rings. The first-order valence-corrected chi connectivity index (χ1v) is 11.9. The molecule has 12 heteroatoms. The Bertz CT molecular complexity index is 1580. The summed E-state index contributed by atoms with van der Waals surface area (Å²) in [6.45, 7) is 1.07. The smallest absolute Gasteiger partial charge is 0.389 e. The fraction of sp³-hybridized carbons (Fsp3) is 0.292. The Morgan fingerprint density at radius 2 is 1.86 bits per heavy atom. The molecule has 6 nitrogen and oxygen atoms in total. The Balaban J connectivity index is 1.66. The zero-order valence-corrected chi connectivity index (χ0v) is 19.3. The third-order valence-electron chi connectivity index (χ3n) is 6.87. The van der Waals surface area contributed by atoms with Crippen LogP contribution in [0.4, 0.5) is 32.8 Å². The van der Waals surface area contributed by atoms with Crippen molar-refractivity contribution in [3.8, 4) is 17.2 Å². The zero-order chi connectivity index (χ0) is 25.4.